The lowest BCUT2D eigenvalue weighted by Crippen LogP contribution is -2.62. The molecule has 206 valence electrons. The van der Waals surface area contributed by atoms with E-state index in [2.05, 4.69) is 82.6 Å². The van der Waals surface area contributed by atoms with Gasteiger partial charge in [0.1, 0.15) is 12.5 Å². The Kier molecular flexibility index (Phi) is 8.72. The maximum Gasteiger partial charge on any atom is 0.123 e. The van der Waals surface area contributed by atoms with Gasteiger partial charge in [-0.2, -0.15) is 0 Å². The van der Waals surface area contributed by atoms with Gasteiger partial charge in [-0.3, -0.25) is 15.5 Å². The van der Waals surface area contributed by atoms with Crippen LogP contribution in [-0.4, -0.2) is 61.1 Å². The molecule has 6 rings (SSSR count). The zero-order chi connectivity index (χ0) is 25.9. The molecule has 3 heterocycles. The van der Waals surface area contributed by atoms with Gasteiger partial charge < -0.3 is 9.47 Å². The number of morpholine rings is 1. The van der Waals surface area contributed by atoms with Crippen LogP contribution in [-0.2, 0) is 15.9 Å². The Morgan fingerprint density at radius 2 is 1.82 bits per heavy atom. The van der Waals surface area contributed by atoms with Crippen molar-refractivity contribution in [2.45, 2.75) is 88.3 Å². The monoisotopic (exact) mass is 536 g/mol. The number of ether oxygens (including phenoxy) is 2. The van der Waals surface area contributed by atoms with Gasteiger partial charge in [-0.05, 0) is 61.3 Å². The summed E-state index contributed by atoms with van der Waals surface area (Å²) in [6.07, 6.45) is 7.00. The molecule has 6 unspecified atom stereocenters. The number of hydrogen-bond acceptors (Lipinski definition) is 7. The fourth-order valence-corrected chi connectivity index (χ4v) is 8.21. The highest BCUT2D eigenvalue weighted by molar-refractivity contribution is 7.98. The molecule has 6 nitrogen and oxygen atoms in total. The van der Waals surface area contributed by atoms with Gasteiger partial charge in [0.15, 0.2) is 0 Å². The van der Waals surface area contributed by atoms with Crippen LogP contribution < -0.4 is 15.4 Å². The minimum Gasteiger partial charge on any atom is -0.378 e. The molecule has 3 saturated heterocycles. The van der Waals surface area contributed by atoms with Crippen LogP contribution in [0.4, 0.5) is 0 Å². The quantitative estimate of drug-likeness (QED) is 0.493. The summed E-state index contributed by atoms with van der Waals surface area (Å²) in [6, 6.07) is 18.0. The van der Waals surface area contributed by atoms with Crippen molar-refractivity contribution in [1.82, 2.24) is 20.3 Å². The van der Waals surface area contributed by atoms with Crippen LogP contribution in [0.25, 0.3) is 0 Å². The Hall–Kier alpha value is -1.45. The first-order chi connectivity index (χ1) is 18.6. The smallest absolute Gasteiger partial charge is 0.123 e. The zero-order valence-corrected chi connectivity index (χ0v) is 23.7. The normalized spacial score (nSPS) is 34.8. The van der Waals surface area contributed by atoms with E-state index in [1.54, 1.807) is 0 Å². The van der Waals surface area contributed by atoms with Crippen molar-refractivity contribution in [3.63, 3.8) is 0 Å². The summed E-state index contributed by atoms with van der Waals surface area (Å²) in [4.78, 5) is 2.71. The van der Waals surface area contributed by atoms with Crippen LogP contribution in [0.15, 0.2) is 48.5 Å². The first-order valence-electron chi connectivity index (χ1n) is 14.6. The molecule has 4 aliphatic rings. The van der Waals surface area contributed by atoms with E-state index in [0.717, 1.165) is 45.1 Å². The summed E-state index contributed by atoms with van der Waals surface area (Å²) in [5.74, 6) is 0.740. The molecule has 0 amide bonds. The van der Waals surface area contributed by atoms with E-state index in [1.165, 1.54) is 47.9 Å². The lowest BCUT2D eigenvalue weighted by molar-refractivity contribution is -0.127. The molecular weight excluding hydrogens is 492 g/mol. The lowest BCUT2D eigenvalue weighted by atomic mass is 9.87. The van der Waals surface area contributed by atoms with Crippen LogP contribution in [0.1, 0.15) is 60.4 Å². The van der Waals surface area contributed by atoms with E-state index in [4.69, 9.17) is 9.47 Å². The Labute approximate surface area is 232 Å². The maximum absolute atomic E-state index is 7.13. The van der Waals surface area contributed by atoms with Crippen LogP contribution in [0.2, 0.25) is 0 Å². The molecule has 1 saturated carbocycles. The molecule has 7 heteroatoms. The third-order valence-corrected chi connectivity index (χ3v) is 10.1. The number of hydrogen-bond donors (Lipinski definition) is 3. The lowest BCUT2D eigenvalue weighted by Gasteiger charge is -2.44. The van der Waals surface area contributed by atoms with Crippen molar-refractivity contribution >= 4 is 11.9 Å². The first kappa shape index (κ1) is 26.8. The van der Waals surface area contributed by atoms with Crippen LogP contribution in [0, 0.1) is 19.8 Å². The van der Waals surface area contributed by atoms with Crippen LogP contribution >= 0.6 is 11.9 Å². The highest BCUT2D eigenvalue weighted by Crippen LogP contribution is 2.35. The van der Waals surface area contributed by atoms with Gasteiger partial charge in [0.05, 0.1) is 25.4 Å². The summed E-state index contributed by atoms with van der Waals surface area (Å²) in [5.41, 5.74) is 5.42. The molecule has 38 heavy (non-hydrogen) atoms. The molecule has 4 fully saturated rings. The van der Waals surface area contributed by atoms with E-state index in [-0.39, 0.29) is 30.7 Å². The predicted molar refractivity (Wildman–Crippen MR) is 155 cm³/mol. The number of rotatable bonds is 3. The van der Waals surface area contributed by atoms with E-state index >= 15 is 0 Å². The van der Waals surface area contributed by atoms with Crippen molar-refractivity contribution in [3.05, 3.63) is 70.8 Å². The molecule has 0 radical (unpaired) electrons. The van der Waals surface area contributed by atoms with Crippen LogP contribution in [0.3, 0.4) is 0 Å². The van der Waals surface area contributed by atoms with Gasteiger partial charge in [0.25, 0.3) is 0 Å². The zero-order valence-electron chi connectivity index (χ0n) is 22.9. The number of benzene rings is 2. The topological polar surface area (TPSA) is 57.8 Å². The predicted octanol–water partition coefficient (Wildman–Crippen LogP) is 4.68. The molecule has 7 atom stereocenters. The molecule has 2 aromatic rings. The number of nitrogens with zero attached hydrogens (tertiary/aromatic N) is 1. The van der Waals surface area contributed by atoms with Gasteiger partial charge in [-0.1, -0.05) is 66.9 Å². The van der Waals surface area contributed by atoms with E-state index in [1.807, 2.05) is 11.9 Å². The Morgan fingerprint density at radius 1 is 0.974 bits per heavy atom. The largest absolute Gasteiger partial charge is 0.378 e. The standard InChI is InChI=1S/C31H44N4O2S/c1-21-8-6-9-22(2)30(21)26-18-29-33-31(32-26)34-38-25-13-7-12-24(16-25)19-35-14-15-36-20-27(35)28(37-29)17-23-10-4-3-5-11-23/h3-6,8-11,24-29,31-34H,7,12-20H2,1-2H3/t24?,25?,26?,27-,28?,29?,31?/m1/s1. The summed E-state index contributed by atoms with van der Waals surface area (Å²) in [6.45, 7) is 8.20. The second kappa shape index (κ2) is 12.4. The third-order valence-electron chi connectivity index (χ3n) is 8.97. The average molecular weight is 537 g/mol. The van der Waals surface area contributed by atoms with Crippen LogP contribution in [0.5, 0.6) is 0 Å². The minimum absolute atomic E-state index is 0.0139. The molecule has 0 spiro atoms. The molecule has 2 aromatic carbocycles. The van der Waals surface area contributed by atoms with Gasteiger partial charge >= 0.3 is 0 Å². The van der Waals surface area contributed by atoms with Gasteiger partial charge in [0.2, 0.25) is 0 Å². The number of fused-ring (bicyclic) bond motifs is 5. The molecule has 3 aliphatic heterocycles. The molecule has 0 aromatic heterocycles. The molecular formula is C31H44N4O2S. The maximum atomic E-state index is 7.13. The third kappa shape index (κ3) is 6.30. The summed E-state index contributed by atoms with van der Waals surface area (Å²) in [5, 5.41) is 8.33. The highest BCUT2D eigenvalue weighted by Gasteiger charge is 2.39. The van der Waals surface area contributed by atoms with E-state index in [9.17, 15) is 0 Å². The fraction of sp³-hybridized carbons (Fsp3) is 0.613. The molecule has 4 bridgehead atoms. The fourth-order valence-electron chi connectivity index (χ4n) is 7.10. The van der Waals surface area contributed by atoms with Crippen molar-refractivity contribution in [3.8, 4) is 0 Å². The summed E-state index contributed by atoms with van der Waals surface area (Å²) in [7, 11) is 0. The Bertz CT molecular complexity index is 1040. The van der Waals surface area contributed by atoms with Gasteiger partial charge in [-0.25, -0.2) is 4.72 Å². The number of nitrogens with one attached hydrogen (secondary N) is 3. The Morgan fingerprint density at radius 3 is 2.66 bits per heavy atom. The Balaban J connectivity index is 1.33. The molecule has 3 N–H and O–H groups in total. The number of aryl methyl sites for hydroxylation is 2. The van der Waals surface area contributed by atoms with Crippen molar-refractivity contribution < 1.29 is 9.47 Å². The first-order valence-corrected chi connectivity index (χ1v) is 15.5. The average Bonchev–Trinajstić information content (AvgIpc) is 2.93. The summed E-state index contributed by atoms with van der Waals surface area (Å²) >= 11 is 1.93. The van der Waals surface area contributed by atoms with E-state index < -0.39 is 0 Å². The SMILES string of the molecule is Cc1cccc(C)c1C1CC2NC(NSC3CCCC(C3)CN3CCOC[C@@H]3C(Cc3ccccc3)O2)N1. The highest BCUT2D eigenvalue weighted by atomic mass is 32.2. The minimum atomic E-state index is -0.0593. The molecule has 1 aliphatic carbocycles. The second-order valence-electron chi connectivity index (χ2n) is 11.7. The summed E-state index contributed by atoms with van der Waals surface area (Å²) < 4.78 is 17.0. The van der Waals surface area contributed by atoms with Gasteiger partial charge in [0, 0.05) is 37.2 Å². The van der Waals surface area contributed by atoms with Crippen molar-refractivity contribution in [2.24, 2.45) is 5.92 Å². The van der Waals surface area contributed by atoms with Crippen molar-refractivity contribution in [1.29, 1.82) is 0 Å². The second-order valence-corrected chi connectivity index (χ2v) is 12.9. The van der Waals surface area contributed by atoms with Crippen molar-refractivity contribution in [2.75, 3.05) is 26.3 Å². The van der Waals surface area contributed by atoms with E-state index in [0.29, 0.717) is 5.25 Å². The van der Waals surface area contributed by atoms with Gasteiger partial charge in [-0.15, -0.1) is 0 Å².